The minimum Gasteiger partial charge on any atom is -0.753 e. The van der Waals surface area contributed by atoms with E-state index < -0.39 is 0 Å². The average Bonchev–Trinajstić information content (AvgIpc) is 2.75. The molecular weight excluding hydrogens is 1010 g/mol. The zero-order valence-corrected chi connectivity index (χ0v) is 38.8. The van der Waals surface area contributed by atoms with Crippen LogP contribution in [0.2, 0.25) is 0 Å². The van der Waals surface area contributed by atoms with Crippen molar-refractivity contribution in [1.29, 1.82) is 15.8 Å². The summed E-state index contributed by atoms with van der Waals surface area (Å²) in [6.45, 7) is 0. The Kier molecular flexibility index (Phi) is 3810. The monoisotopic (exact) mass is 1040 g/mol. The van der Waals surface area contributed by atoms with Crippen molar-refractivity contribution < 1.29 is 63.0 Å². The van der Waals surface area contributed by atoms with Gasteiger partial charge in [0.2, 0.25) is 0 Å². The van der Waals surface area contributed by atoms with Crippen LogP contribution < -0.4 is 55.4 Å². The number of thiocarbonyl (C=S) groups is 9. The van der Waals surface area contributed by atoms with Crippen molar-refractivity contribution in [2.24, 2.45) is 0 Å². The molecule has 0 aliphatic carbocycles. The average molecular weight is 1050 g/mol. The van der Waals surface area contributed by atoms with Crippen LogP contribution in [0.5, 0.6) is 0 Å². The number of hydrogen-bond donors (Lipinski definition) is 12. The fourth-order valence-electron chi connectivity index (χ4n) is 0. The predicted octanol–water partition coefficient (Wildman–Crippen LogP) is 6.92. The Hall–Kier alpha value is -1.12. The van der Waals surface area contributed by atoms with Gasteiger partial charge in [0.15, 0.2) is 0 Å². The minimum atomic E-state index is 0. The molecule has 23 nitrogen and oxygen atoms in total. The molecule has 0 rings (SSSR count). The van der Waals surface area contributed by atoms with Crippen molar-refractivity contribution in [2.45, 2.75) is 0 Å². The van der Waals surface area contributed by atoms with Gasteiger partial charge in [-0.2, -0.15) is 62.2 Å². The number of nitrogens with zero attached hydrogens (tertiary/aromatic N) is 12. The molecule has 0 bridgehead atoms. The van der Waals surface area contributed by atoms with Crippen molar-refractivity contribution in [3.05, 3.63) is 48.7 Å². The zero-order chi connectivity index (χ0) is 32.5. The van der Waals surface area contributed by atoms with Crippen LogP contribution in [-0.2, 0) is 52.1 Å². The van der Waals surface area contributed by atoms with Gasteiger partial charge in [0.25, 0.3) is 0 Å². The quantitative estimate of drug-likeness (QED) is 0.0506. The van der Waals surface area contributed by atoms with Gasteiger partial charge in [-0.3, -0.25) is 0 Å². The Labute approximate surface area is 389 Å². The molecule has 0 aliphatic heterocycles. The summed E-state index contributed by atoms with van der Waals surface area (Å²) >= 11 is 42.6. The summed E-state index contributed by atoms with van der Waals surface area (Å²) in [6.07, 6.45) is 0. The molecule has 0 saturated carbocycles. The summed E-state index contributed by atoms with van der Waals surface area (Å²) in [5.74, 6) is 0. The Morgan fingerprint density at radius 2 is 0.280 bits per heavy atom. The van der Waals surface area contributed by atoms with Gasteiger partial charge in [-0.15, -0.1) is 0 Å². The standard InChI is InChI=1S/3CHNS.9CNS.3Cr.9H3N.2H2O/c12*2-1-3;;;;;;;;;;;;;;/h3*3H;;;;;;;;;;;;;9*1H3;2*1H2/q;;;9*-1;3*+3;;;;;;;;;;;. The summed E-state index contributed by atoms with van der Waals surface area (Å²) in [7, 11) is 0. The van der Waals surface area contributed by atoms with Gasteiger partial charge >= 0.3 is 52.1 Å². The molecule has 0 aromatic heterocycles. The summed E-state index contributed by atoms with van der Waals surface area (Å²) in [4.78, 5) is 0. The first kappa shape index (κ1) is 214. The van der Waals surface area contributed by atoms with E-state index in [2.05, 4.69) is 148 Å². The van der Waals surface area contributed by atoms with E-state index in [1.54, 1.807) is 0 Å². The van der Waals surface area contributed by atoms with Gasteiger partial charge in [0.1, 0.15) is 16.2 Å². The fraction of sp³-hybridized carbons (Fsp3) is 0. The topological polar surface area (TPSA) is 650 Å². The van der Waals surface area contributed by atoms with Crippen LogP contribution in [0.4, 0.5) is 0 Å². The van der Waals surface area contributed by atoms with Gasteiger partial charge in [-0.1, -0.05) is 148 Å². The van der Waals surface area contributed by atoms with Crippen LogP contribution in [-0.4, -0.2) is 57.4 Å². The summed E-state index contributed by atoms with van der Waals surface area (Å²) in [6, 6.07) is 0. The minimum absolute atomic E-state index is 0. The molecule has 3 radical (unpaired) electrons. The van der Waals surface area contributed by atoms with Crippen LogP contribution in [0.25, 0.3) is 48.7 Å². The van der Waals surface area contributed by atoms with Crippen molar-refractivity contribution in [3.63, 3.8) is 0 Å². The molecule has 0 atom stereocenters. The van der Waals surface area contributed by atoms with Gasteiger partial charge in [-0.05, 0) is 0 Å². The molecule has 0 saturated heterocycles. The molecule has 31 N–H and O–H groups in total. The van der Waals surface area contributed by atoms with Crippen LogP contribution in [0.3, 0.4) is 0 Å². The summed E-state index contributed by atoms with van der Waals surface area (Å²) in [5.41, 5.74) is 0. The van der Waals surface area contributed by atoms with Gasteiger partial charge in [-0.25, -0.2) is 0 Å². The molecule has 0 heterocycles. The Morgan fingerprint density at radius 3 is 0.280 bits per heavy atom. The Bertz CT molecular complexity index is 667. The van der Waals surface area contributed by atoms with E-state index in [-0.39, 0.29) is 118 Å². The number of thiol groups is 3. The van der Waals surface area contributed by atoms with Gasteiger partial charge in [0.05, 0.1) is 0 Å². The third kappa shape index (κ3) is 78300. The number of rotatable bonds is 0. The maximum Gasteiger partial charge on any atom is 3.00 e. The first-order valence-corrected chi connectivity index (χ1v) is 10.2. The summed E-state index contributed by atoms with van der Waals surface area (Å²) < 4.78 is 0. The SMILES string of the molecule is N.N.N.N.N.N.N.N.N.N#CS.N#CS.N#CS.O.O.[Cr+3].[Cr+3].[Cr+3].[N-]=C=S.[N-]=C=S.[N-]=C=S.[N-]=C=S.[N-]=C=S.[N-]=C=S.[N-]=C=S.[N-]=C=S.[N-]=C=S. The Balaban J connectivity index is -0.00000000511. The van der Waals surface area contributed by atoms with Crippen LogP contribution in [0, 0.1) is 32.0 Å². The van der Waals surface area contributed by atoms with E-state index in [1.807, 2.05) is 0 Å². The fourth-order valence-corrected chi connectivity index (χ4v) is 0. The number of isothiocyanates is 9. The molecule has 0 aromatic carbocycles. The molecule has 0 unspecified atom stereocenters. The molecule has 0 fully saturated rings. The van der Waals surface area contributed by atoms with E-state index >= 15 is 0 Å². The molecule has 0 spiro atoms. The zero-order valence-electron chi connectivity index (χ0n) is 25.0. The molecule has 38 heteroatoms. The molecule has 0 aromatic rings. The van der Waals surface area contributed by atoms with E-state index in [1.165, 1.54) is 62.7 Å². The number of hydrogen-bond acceptors (Lipinski definition) is 24. The third-order valence-corrected chi connectivity index (χ3v) is 0. The molecule has 289 valence electrons. The molecule has 50 heavy (non-hydrogen) atoms. The predicted molar refractivity (Wildman–Crippen MR) is 240 cm³/mol. The smallest absolute Gasteiger partial charge is 0.753 e. The van der Waals surface area contributed by atoms with E-state index in [4.69, 9.17) is 64.5 Å². The van der Waals surface area contributed by atoms with Crippen LogP contribution >= 0.6 is 148 Å². The maximum absolute atomic E-state index is 7.18. The van der Waals surface area contributed by atoms with Crippen molar-refractivity contribution in [1.82, 2.24) is 55.4 Å². The molecule has 0 amide bonds. The second-order valence-corrected chi connectivity index (χ2v) is 3.36. The number of nitriles is 3. The number of thiocyanates is 3. The van der Waals surface area contributed by atoms with Crippen molar-refractivity contribution >= 4 is 194 Å². The first-order valence-electron chi connectivity index (χ1n) is 5.19. The Morgan fingerprint density at radius 1 is 0.280 bits per heavy atom. The first-order chi connectivity index (χ1) is 17.0. The third-order valence-electron chi connectivity index (χ3n) is 0. The van der Waals surface area contributed by atoms with E-state index in [0.29, 0.717) is 0 Å². The van der Waals surface area contributed by atoms with Crippen LogP contribution in [0.15, 0.2) is 0 Å². The molecular formula is C12H34Cr3N21O2S12. The van der Waals surface area contributed by atoms with E-state index in [9.17, 15) is 0 Å². The molecule has 0 aliphatic rings. The van der Waals surface area contributed by atoms with E-state index in [0.717, 1.165) is 0 Å². The van der Waals surface area contributed by atoms with Crippen LogP contribution in [0.1, 0.15) is 0 Å². The normalized spacial score (nSPS) is 1.92. The second-order valence-electron chi connectivity index (χ2n) is 1.12. The maximum atomic E-state index is 7.18. The van der Waals surface area contributed by atoms with Crippen molar-refractivity contribution in [2.75, 3.05) is 0 Å². The second kappa shape index (κ2) is 889. The van der Waals surface area contributed by atoms with Crippen molar-refractivity contribution in [3.8, 4) is 16.2 Å². The van der Waals surface area contributed by atoms with Gasteiger partial charge < -0.3 is 115 Å². The summed E-state index contributed by atoms with van der Waals surface area (Å²) in [5, 5.41) is 102. The van der Waals surface area contributed by atoms with Gasteiger partial charge in [0, 0.05) is 0 Å². The largest absolute Gasteiger partial charge is 3.00 e.